The van der Waals surface area contributed by atoms with Gasteiger partial charge >= 0.3 is 0 Å². The molecule has 6 nitrogen and oxygen atoms in total. The van der Waals surface area contributed by atoms with Crippen LogP contribution >= 0.6 is 0 Å². The smallest absolute Gasteiger partial charge is 0.253 e. The van der Waals surface area contributed by atoms with E-state index in [1.807, 2.05) is 43.4 Å². The number of hydrogen-bond donors (Lipinski definition) is 0. The Labute approximate surface area is 187 Å². The molecule has 0 aliphatic rings. The van der Waals surface area contributed by atoms with Crippen LogP contribution in [0.3, 0.4) is 0 Å². The maximum absolute atomic E-state index is 12.2. The Morgan fingerprint density at radius 2 is 1.72 bits per heavy atom. The molecule has 2 heterocycles. The average molecular weight is 427 g/mol. The van der Waals surface area contributed by atoms with Crippen molar-refractivity contribution in [1.29, 1.82) is 0 Å². The lowest BCUT2D eigenvalue weighted by atomic mass is 9.93. The van der Waals surface area contributed by atoms with Crippen molar-refractivity contribution >= 4 is 22.7 Å². The van der Waals surface area contributed by atoms with Crippen LogP contribution in [-0.4, -0.2) is 45.5 Å². The first-order valence-corrected chi connectivity index (χ1v) is 10.5. The van der Waals surface area contributed by atoms with Crippen molar-refractivity contribution in [3.8, 4) is 22.4 Å². The molecule has 6 heteroatoms. The SMILES string of the molecule is CC(=O)Cc1cnc2c(c1)c(-c1cccc(-c3ccc(C(=O)N(C)C)cc3)c1C)nn2C. The zero-order valence-electron chi connectivity index (χ0n) is 19.0. The minimum absolute atomic E-state index is 0.0177. The monoisotopic (exact) mass is 426 g/mol. The number of carbonyl (C=O) groups excluding carboxylic acids is 2. The van der Waals surface area contributed by atoms with Gasteiger partial charge in [-0.25, -0.2) is 9.67 Å². The molecular formula is C26H26N4O2. The number of aryl methyl sites for hydroxylation is 1. The average Bonchev–Trinajstić information content (AvgIpc) is 3.08. The Kier molecular flexibility index (Phi) is 5.61. The van der Waals surface area contributed by atoms with Crippen LogP contribution in [0.4, 0.5) is 0 Å². The van der Waals surface area contributed by atoms with Crippen LogP contribution in [0.15, 0.2) is 54.7 Å². The van der Waals surface area contributed by atoms with Gasteiger partial charge in [0, 0.05) is 50.3 Å². The second kappa shape index (κ2) is 8.38. The minimum atomic E-state index is -0.0177. The van der Waals surface area contributed by atoms with E-state index in [9.17, 15) is 9.59 Å². The zero-order valence-corrected chi connectivity index (χ0v) is 19.0. The number of aromatic nitrogens is 3. The van der Waals surface area contributed by atoms with Gasteiger partial charge in [-0.2, -0.15) is 5.10 Å². The number of rotatable bonds is 5. The Morgan fingerprint density at radius 1 is 1.03 bits per heavy atom. The van der Waals surface area contributed by atoms with Gasteiger partial charge in [-0.05, 0) is 54.3 Å². The van der Waals surface area contributed by atoms with Gasteiger partial charge in [-0.1, -0.05) is 30.3 Å². The normalized spacial score (nSPS) is 11.0. The molecule has 0 aliphatic heterocycles. The number of amides is 1. The molecule has 0 unspecified atom stereocenters. The molecule has 2 aromatic heterocycles. The molecule has 0 fully saturated rings. The molecule has 0 N–H and O–H groups in total. The number of Topliss-reactive ketones (excluding diaryl/α,β-unsaturated/α-hetero) is 1. The van der Waals surface area contributed by atoms with E-state index in [1.54, 1.807) is 36.8 Å². The Morgan fingerprint density at radius 3 is 2.38 bits per heavy atom. The minimum Gasteiger partial charge on any atom is -0.345 e. The fraction of sp³-hybridized carbons (Fsp3) is 0.231. The molecule has 0 saturated heterocycles. The van der Waals surface area contributed by atoms with Crippen LogP contribution in [-0.2, 0) is 18.3 Å². The lowest BCUT2D eigenvalue weighted by Gasteiger charge is -2.13. The highest BCUT2D eigenvalue weighted by molar-refractivity contribution is 5.96. The molecule has 32 heavy (non-hydrogen) atoms. The zero-order chi connectivity index (χ0) is 23.0. The van der Waals surface area contributed by atoms with Gasteiger partial charge in [-0.15, -0.1) is 0 Å². The summed E-state index contributed by atoms with van der Waals surface area (Å²) in [6, 6.07) is 15.8. The van der Waals surface area contributed by atoms with Crippen LogP contribution < -0.4 is 0 Å². The lowest BCUT2D eigenvalue weighted by molar-refractivity contribution is -0.116. The summed E-state index contributed by atoms with van der Waals surface area (Å²) in [6.45, 7) is 3.66. The number of benzene rings is 2. The predicted molar refractivity (Wildman–Crippen MR) is 127 cm³/mol. The van der Waals surface area contributed by atoms with Crippen molar-refractivity contribution < 1.29 is 9.59 Å². The molecule has 4 aromatic rings. The van der Waals surface area contributed by atoms with Gasteiger partial charge in [-0.3, -0.25) is 9.59 Å². The lowest BCUT2D eigenvalue weighted by Crippen LogP contribution is -2.21. The molecule has 2 aromatic carbocycles. The largest absolute Gasteiger partial charge is 0.345 e. The van der Waals surface area contributed by atoms with Crippen molar-refractivity contribution in [2.45, 2.75) is 20.3 Å². The number of ketones is 1. The number of fused-ring (bicyclic) bond motifs is 1. The van der Waals surface area contributed by atoms with Crippen LogP contribution in [0.1, 0.15) is 28.4 Å². The van der Waals surface area contributed by atoms with Crippen molar-refractivity contribution in [2.75, 3.05) is 14.1 Å². The highest BCUT2D eigenvalue weighted by atomic mass is 16.2. The van der Waals surface area contributed by atoms with Crippen LogP contribution in [0.2, 0.25) is 0 Å². The summed E-state index contributed by atoms with van der Waals surface area (Å²) >= 11 is 0. The van der Waals surface area contributed by atoms with Gasteiger partial charge < -0.3 is 4.90 Å². The summed E-state index contributed by atoms with van der Waals surface area (Å²) in [5, 5.41) is 5.68. The highest BCUT2D eigenvalue weighted by Crippen LogP contribution is 2.34. The fourth-order valence-corrected chi connectivity index (χ4v) is 4.02. The van der Waals surface area contributed by atoms with Crippen molar-refractivity contribution in [3.63, 3.8) is 0 Å². The molecular weight excluding hydrogens is 400 g/mol. The molecule has 0 aliphatic carbocycles. The van der Waals surface area contributed by atoms with E-state index in [2.05, 4.69) is 24.0 Å². The summed E-state index contributed by atoms with van der Waals surface area (Å²) in [4.78, 5) is 29.9. The predicted octanol–water partition coefficient (Wildman–Crippen LogP) is 4.44. The van der Waals surface area contributed by atoms with E-state index in [-0.39, 0.29) is 11.7 Å². The summed E-state index contributed by atoms with van der Waals surface area (Å²) in [7, 11) is 5.37. The van der Waals surface area contributed by atoms with Crippen LogP contribution in [0.5, 0.6) is 0 Å². The van der Waals surface area contributed by atoms with E-state index in [1.165, 1.54) is 0 Å². The number of hydrogen-bond acceptors (Lipinski definition) is 4. The number of pyridine rings is 1. The van der Waals surface area contributed by atoms with Gasteiger partial charge in [0.15, 0.2) is 5.65 Å². The Bertz CT molecular complexity index is 1330. The van der Waals surface area contributed by atoms with Crippen molar-refractivity contribution in [3.05, 3.63) is 71.4 Å². The van der Waals surface area contributed by atoms with Crippen molar-refractivity contribution in [2.24, 2.45) is 7.05 Å². The topological polar surface area (TPSA) is 68.1 Å². The third-order valence-corrected chi connectivity index (χ3v) is 5.63. The molecule has 4 rings (SSSR count). The van der Waals surface area contributed by atoms with Crippen LogP contribution in [0, 0.1) is 6.92 Å². The van der Waals surface area contributed by atoms with E-state index in [0.29, 0.717) is 12.0 Å². The summed E-state index contributed by atoms with van der Waals surface area (Å²) < 4.78 is 1.77. The van der Waals surface area contributed by atoms with Crippen LogP contribution in [0.25, 0.3) is 33.4 Å². The second-order valence-electron chi connectivity index (χ2n) is 8.32. The second-order valence-corrected chi connectivity index (χ2v) is 8.32. The van der Waals surface area contributed by atoms with Crippen molar-refractivity contribution in [1.82, 2.24) is 19.7 Å². The Balaban J connectivity index is 1.80. The van der Waals surface area contributed by atoms with Gasteiger partial charge in [0.05, 0.1) is 0 Å². The molecule has 0 bridgehead atoms. The molecule has 0 spiro atoms. The quantitative estimate of drug-likeness (QED) is 0.473. The molecule has 0 radical (unpaired) electrons. The first kappa shape index (κ1) is 21.4. The molecule has 0 saturated carbocycles. The summed E-state index contributed by atoms with van der Waals surface area (Å²) in [5.41, 5.74) is 7.40. The van der Waals surface area contributed by atoms with Gasteiger partial charge in [0.2, 0.25) is 0 Å². The third-order valence-electron chi connectivity index (χ3n) is 5.63. The maximum atomic E-state index is 12.2. The maximum Gasteiger partial charge on any atom is 0.253 e. The standard InChI is InChI=1S/C26H26N4O2/c1-16(31)13-18-14-23-24(28-30(5)25(23)27-15-18)22-8-6-7-21(17(22)2)19-9-11-20(12-10-19)26(32)29(3)4/h6-12,14-15H,13H2,1-5H3. The third kappa shape index (κ3) is 3.91. The van der Waals surface area contributed by atoms with E-state index >= 15 is 0 Å². The van der Waals surface area contributed by atoms with E-state index in [0.717, 1.165) is 44.5 Å². The van der Waals surface area contributed by atoms with Gasteiger partial charge in [0.25, 0.3) is 5.91 Å². The summed E-state index contributed by atoms with van der Waals surface area (Å²) in [5.74, 6) is 0.0850. The van der Waals surface area contributed by atoms with E-state index < -0.39 is 0 Å². The Hall–Kier alpha value is -3.80. The fourth-order valence-electron chi connectivity index (χ4n) is 4.02. The number of nitrogens with zero attached hydrogens (tertiary/aromatic N) is 4. The highest BCUT2D eigenvalue weighted by Gasteiger charge is 2.17. The first-order chi connectivity index (χ1) is 15.3. The molecule has 0 atom stereocenters. The molecule has 1 amide bonds. The summed E-state index contributed by atoms with van der Waals surface area (Å²) in [6.07, 6.45) is 2.10. The number of carbonyl (C=O) groups is 2. The molecule has 162 valence electrons. The first-order valence-electron chi connectivity index (χ1n) is 10.5. The van der Waals surface area contributed by atoms with E-state index in [4.69, 9.17) is 5.10 Å². The van der Waals surface area contributed by atoms with Gasteiger partial charge in [0.1, 0.15) is 11.5 Å².